The Bertz CT molecular complexity index is 4980. The minimum atomic E-state index is -1.74. The summed E-state index contributed by atoms with van der Waals surface area (Å²) in [6.45, 7) is 7.37. The number of hydrogen-bond acceptors (Lipinski definition) is 24. The van der Waals surface area contributed by atoms with Crippen molar-refractivity contribution in [2.45, 2.75) is 223 Å². The molecule has 760 valence electrons. The molecule has 48 heteroatoms. The number of carbonyl (C=O) groups is 19. The van der Waals surface area contributed by atoms with Gasteiger partial charge in [0.15, 0.2) is 5.96 Å². The number of hydrogen-bond donors (Lipinski definition) is 25. The van der Waals surface area contributed by atoms with Gasteiger partial charge < -0.3 is 133 Å². The van der Waals surface area contributed by atoms with Crippen molar-refractivity contribution in [3.8, 4) is 5.75 Å². The van der Waals surface area contributed by atoms with E-state index in [9.17, 15) is 106 Å². The van der Waals surface area contributed by atoms with Crippen molar-refractivity contribution in [3.63, 3.8) is 0 Å². The maximum absolute atomic E-state index is 14.5. The zero-order chi connectivity index (χ0) is 102. The Morgan fingerprint density at radius 2 is 1.14 bits per heavy atom. The van der Waals surface area contributed by atoms with Gasteiger partial charge in [-0.25, -0.2) is 9.37 Å². The number of aromatic amines is 2. The number of aliphatic carboxylic acids is 1. The van der Waals surface area contributed by atoms with Crippen LogP contribution in [0.25, 0.3) is 10.9 Å². The van der Waals surface area contributed by atoms with E-state index >= 15 is 0 Å². The number of aromatic hydroxyl groups is 1. The second kappa shape index (κ2) is 59.6. The average molecular weight is 1960 g/mol. The number of carbonyl (C=O) groups excluding carboxylic acids is 18. The standard InChI is InChI=1S/C91H132FN25O21S/c1-51(2)41-66(87(135)110-62(79(94)127)32-40-139-6)112-89(137)68(45-59-47-97-50-104-59)109-76(124)49-103-90(138)78(52(3)4)116-80(128)53(5)105-86(134)69(44-58-43-56-15-9-10-16-61(56)106-58)114-85(133)65(28-29-71(93)119)107-74(122)19-8-7-12-33-98-72(120)30-37-117(39-36-100-81(129)55-22-24-57(92)25-23-55)38-31-73(121)99-34-13-11-17-64-84(132)113-67(42-54-20-26-60(118)27-21-54)88(136)115-70(46-77(125)126)82(130)102-48-75(123)108-63(83(131)111-64)18-14-35-101-91(95)96/h9-10,15-16,20-27,43,47,50-53,62-70,78,106,118H,7-8,11-14,17-19,28-42,44-46,48-49H2,1-6H3,(H2,93,119)(H2,94,127)(H,97,104)(H,98,120)(H,99,121)(H,100,129)(H,102,130)(H,103,138)(H,105,134)(H,107,122)(H,108,123)(H,109,124)(H,110,135)(H,111,131)(H,112,137)(H,113,132)(H,114,133)(H,115,136)(H,116,128)(H,125,126)(H4,95,96,101)/t53-,62+,63+,64+,65-,66-,67-,68+,69+,70+,78+/m0/s1/i92-1. The Hall–Kier alpha value is -14.4. The molecule has 2 aromatic heterocycles. The van der Waals surface area contributed by atoms with E-state index in [1.807, 2.05) is 26.2 Å². The summed E-state index contributed by atoms with van der Waals surface area (Å²) in [5.41, 5.74) is 18.7. The summed E-state index contributed by atoms with van der Waals surface area (Å²) >= 11 is 1.44. The molecule has 1 fully saturated rings. The van der Waals surface area contributed by atoms with Crippen LogP contribution >= 0.6 is 11.8 Å². The normalized spacial score (nSPS) is 16.2. The van der Waals surface area contributed by atoms with E-state index in [2.05, 4.69) is 105 Å². The Labute approximate surface area is 806 Å². The number of phenolic OH excluding ortho intramolecular Hbond substituents is 1. The van der Waals surface area contributed by atoms with Crippen molar-refractivity contribution in [3.05, 3.63) is 120 Å². The lowest BCUT2D eigenvalue weighted by atomic mass is 10.0. The second-order valence-corrected chi connectivity index (χ2v) is 35.3. The molecule has 3 heterocycles. The molecule has 0 aliphatic carbocycles. The van der Waals surface area contributed by atoms with Crippen LogP contribution in [0.3, 0.4) is 0 Å². The summed E-state index contributed by atoms with van der Waals surface area (Å²) in [7, 11) is 0. The third-order valence-corrected chi connectivity index (χ3v) is 22.8. The third-order valence-electron chi connectivity index (χ3n) is 22.1. The molecule has 11 atom stereocenters. The molecule has 0 bridgehead atoms. The number of nitrogens with one attached hydrogen (secondary N) is 20. The molecule has 1 aliphatic rings. The van der Waals surface area contributed by atoms with Gasteiger partial charge in [-0.3, -0.25) is 96.5 Å². The quantitative estimate of drug-likeness (QED) is 0.0103. The van der Waals surface area contributed by atoms with Gasteiger partial charge in [0.1, 0.15) is 78.0 Å². The summed E-state index contributed by atoms with van der Waals surface area (Å²) in [6, 6.07) is 4.21. The van der Waals surface area contributed by atoms with Crippen molar-refractivity contribution in [2.24, 2.45) is 29.0 Å². The van der Waals surface area contributed by atoms with Crippen LogP contribution in [0.2, 0.25) is 0 Å². The number of nitrogens with two attached hydrogens (primary N) is 3. The van der Waals surface area contributed by atoms with E-state index in [0.29, 0.717) is 41.1 Å². The van der Waals surface area contributed by atoms with Crippen molar-refractivity contribution in [1.29, 1.82) is 5.41 Å². The molecular weight excluding hydrogens is 1830 g/mol. The van der Waals surface area contributed by atoms with Crippen LogP contribution in [-0.2, 0) is 106 Å². The number of amides is 18. The van der Waals surface area contributed by atoms with Crippen LogP contribution in [0.4, 0.5) is 4.39 Å². The number of imidazole rings is 1. The highest BCUT2D eigenvalue weighted by molar-refractivity contribution is 7.98. The van der Waals surface area contributed by atoms with Crippen LogP contribution < -0.4 is 108 Å². The van der Waals surface area contributed by atoms with Crippen LogP contribution in [0.1, 0.15) is 165 Å². The molecule has 0 saturated carbocycles. The van der Waals surface area contributed by atoms with Crippen molar-refractivity contribution < 1.29 is 106 Å². The number of halogens is 1. The van der Waals surface area contributed by atoms with Gasteiger partial charge in [0.2, 0.25) is 100 Å². The minimum Gasteiger partial charge on any atom is -0.508 e. The van der Waals surface area contributed by atoms with Gasteiger partial charge in [-0.15, -0.1) is 0 Å². The number of carboxylic acids is 1. The molecule has 0 spiro atoms. The molecule has 6 rings (SSSR count). The molecule has 1 saturated heterocycles. The molecular formula is C91H132FN25O21S. The molecule has 139 heavy (non-hydrogen) atoms. The number of thioether (sulfide) groups is 1. The first-order chi connectivity index (χ1) is 66.1. The first-order valence-corrected chi connectivity index (χ1v) is 47.4. The van der Waals surface area contributed by atoms with Gasteiger partial charge in [0.25, 0.3) is 5.91 Å². The first-order valence-electron chi connectivity index (χ1n) is 46.0. The number of guanidine groups is 1. The molecule has 1 aliphatic heterocycles. The lowest BCUT2D eigenvalue weighted by molar-refractivity contribution is -0.141. The first kappa shape index (κ1) is 113. The van der Waals surface area contributed by atoms with E-state index < -0.39 is 204 Å². The molecule has 3 aromatic carbocycles. The lowest BCUT2D eigenvalue weighted by Crippen LogP contribution is -2.59. The zero-order valence-electron chi connectivity index (χ0n) is 78.7. The Kier molecular flexibility index (Phi) is 48.6. The molecule has 28 N–H and O–H groups in total. The summed E-state index contributed by atoms with van der Waals surface area (Å²) in [4.78, 5) is 269. The Morgan fingerprint density at radius 1 is 0.554 bits per heavy atom. The number of carboxylic acid groups (broad SMARTS) is 1. The fourth-order valence-corrected chi connectivity index (χ4v) is 15.0. The van der Waals surface area contributed by atoms with Crippen LogP contribution in [0.5, 0.6) is 5.75 Å². The number of primary amides is 2. The van der Waals surface area contributed by atoms with Gasteiger partial charge >= 0.3 is 5.97 Å². The van der Waals surface area contributed by atoms with Crippen LogP contribution in [0.15, 0.2) is 91.4 Å². The van der Waals surface area contributed by atoms with Gasteiger partial charge in [0, 0.05) is 114 Å². The number of benzene rings is 3. The number of rotatable bonds is 58. The Morgan fingerprint density at radius 3 is 1.77 bits per heavy atom. The van der Waals surface area contributed by atoms with Gasteiger partial charge in [0.05, 0.1) is 31.5 Å². The maximum Gasteiger partial charge on any atom is 0.305 e. The van der Waals surface area contributed by atoms with Crippen molar-refractivity contribution >= 4 is 141 Å². The average Bonchev–Trinajstić information content (AvgIpc) is 1.69. The second-order valence-electron chi connectivity index (χ2n) is 34.4. The van der Waals surface area contributed by atoms with Crippen LogP contribution in [-0.4, -0.2) is 286 Å². The number of H-pyrrole nitrogens is 2. The molecule has 0 radical (unpaired) electrons. The maximum atomic E-state index is 14.5. The fraction of sp³-hybridized carbons (Fsp3) is 0.527. The predicted octanol–water partition coefficient (Wildman–Crippen LogP) is -3.22. The van der Waals surface area contributed by atoms with Crippen molar-refractivity contribution in [2.75, 3.05) is 70.9 Å². The van der Waals surface area contributed by atoms with Crippen molar-refractivity contribution in [1.82, 2.24) is 110 Å². The topological polar surface area (TPSA) is 719 Å². The minimum absolute atomic E-state index is 0.0365. The molecule has 46 nitrogen and oxygen atoms in total. The monoisotopic (exact) mass is 1960 g/mol. The largest absolute Gasteiger partial charge is 0.508 e. The number of unbranched alkanes of at least 4 members (excludes halogenated alkanes) is 3. The predicted molar refractivity (Wildman–Crippen MR) is 508 cm³/mol. The van der Waals surface area contributed by atoms with Gasteiger partial charge in [-0.1, -0.05) is 64.4 Å². The summed E-state index contributed by atoms with van der Waals surface area (Å²) < 4.78 is 13.7. The highest BCUT2D eigenvalue weighted by Gasteiger charge is 2.38. The van der Waals surface area contributed by atoms with E-state index in [1.54, 1.807) is 43.0 Å². The number of nitrogens with zero attached hydrogens (tertiary/aromatic N) is 2. The van der Waals surface area contributed by atoms with Crippen LogP contribution in [0, 0.1) is 23.1 Å². The van der Waals surface area contributed by atoms with E-state index in [4.69, 9.17) is 22.6 Å². The Balaban J connectivity index is 1.03. The van der Waals surface area contributed by atoms with Gasteiger partial charge in [-0.2, -0.15) is 11.8 Å². The molecule has 18 amide bonds. The summed E-state index contributed by atoms with van der Waals surface area (Å²) in [6.07, 6.45) is 3.89. The van der Waals surface area contributed by atoms with Gasteiger partial charge in [-0.05, 0) is 154 Å². The summed E-state index contributed by atoms with van der Waals surface area (Å²) in [5.74, 6) is -16.8. The van der Waals surface area contributed by atoms with E-state index in [0.717, 1.165) is 17.5 Å². The third kappa shape index (κ3) is 42.8. The number of aromatic nitrogens is 3. The number of phenols is 1. The van der Waals surface area contributed by atoms with E-state index in [-0.39, 0.29) is 178 Å². The number of fused-ring (bicyclic) bond motifs is 1. The highest BCUT2D eigenvalue weighted by Crippen LogP contribution is 2.20. The zero-order valence-corrected chi connectivity index (χ0v) is 79.6. The van der Waals surface area contributed by atoms with E-state index in [1.165, 1.54) is 67.6 Å². The highest BCUT2D eigenvalue weighted by atomic mass is 32.2. The fourth-order valence-electron chi connectivity index (χ4n) is 14.5. The SMILES string of the molecule is CSCC[C@@H](NC(=O)[C@H](CC(C)C)NC(=O)[C@@H](Cc1c[nH]cn1)NC(=O)CNC(=O)[C@H](NC(=O)[C@H](C)NC(=O)[C@@H](Cc1cc2ccccc2[nH]1)NC(=O)[C@H](CCC(N)=O)NC(=O)CCCCCNC(=O)CCN(CCNC(=O)c1ccc([18F])cc1)CCC(=O)NCCCC[C@H]1NC(=O)[C@@H](CCCNC(=N)N)NC(=O)CNC(=O)[C@@H](CC(=O)O)NC(=O)[C@H](Cc2ccc(O)cc2)NC1=O)C(C)C)C(N)=O. The summed E-state index contributed by atoms with van der Waals surface area (Å²) in [5, 5.41) is 72.2. The lowest BCUT2D eigenvalue weighted by Gasteiger charge is -2.26. The number of para-hydroxylation sites is 1. The molecule has 5 aromatic rings. The smallest absolute Gasteiger partial charge is 0.305 e. The molecule has 0 unspecified atom stereocenters.